The van der Waals surface area contributed by atoms with Gasteiger partial charge in [-0.3, -0.25) is 0 Å². The van der Waals surface area contributed by atoms with Gasteiger partial charge < -0.3 is 27.9 Å². The standard InChI is InChI=1S/C63H48N3O6P3/c1-37-7-25-49-55(31-37)73(67,56-32-38(2)8-26-50(56)70-49)46-19-13-43(14-20-46)61-64-62(44-15-21-47(22-16-44)74(68)57-33-39(3)9-27-51(57)71-52-28-10-40(4)34-58(52)74)66-63(65-61)45-17-23-48(24-18-45)75(69)59-35-41(5)11-29-53(59)72-54-30-12-42(6)36-60(54)75/h7-36H,1-6H3. The fraction of sp³-hybridized carbons (Fsp3) is 0.0952. The van der Waals surface area contributed by atoms with Crippen LogP contribution < -0.4 is 62.0 Å². The summed E-state index contributed by atoms with van der Waals surface area (Å²) in [6, 6.07) is 57.9. The van der Waals surface area contributed by atoms with Crippen molar-refractivity contribution in [2.24, 2.45) is 0 Å². The van der Waals surface area contributed by atoms with Gasteiger partial charge in [-0.1, -0.05) is 143 Å². The fourth-order valence-electron chi connectivity index (χ4n) is 10.6. The fourth-order valence-corrected chi connectivity index (χ4v) is 19.6. The third-order valence-electron chi connectivity index (χ3n) is 14.5. The average Bonchev–Trinajstić information content (AvgIpc) is 3.42. The average molecular weight is 1040 g/mol. The molecule has 0 atom stereocenters. The van der Waals surface area contributed by atoms with Crippen molar-refractivity contribution in [3.05, 3.63) is 215 Å². The van der Waals surface area contributed by atoms with Crippen molar-refractivity contribution < 1.29 is 27.9 Å². The van der Waals surface area contributed by atoms with Crippen molar-refractivity contribution in [2.45, 2.75) is 41.5 Å². The smallest absolute Gasteiger partial charge is 0.178 e. The van der Waals surface area contributed by atoms with Crippen LogP contribution in [-0.4, -0.2) is 15.0 Å². The van der Waals surface area contributed by atoms with Crippen LogP contribution in [0.15, 0.2) is 182 Å². The minimum absolute atomic E-state index is 0.393. The summed E-state index contributed by atoms with van der Waals surface area (Å²) >= 11 is 0. The summed E-state index contributed by atoms with van der Waals surface area (Å²) in [5.74, 6) is 4.65. The molecule has 0 amide bonds. The van der Waals surface area contributed by atoms with Gasteiger partial charge in [0.05, 0.1) is 31.8 Å². The van der Waals surface area contributed by atoms with Gasteiger partial charge in [-0.2, -0.15) is 0 Å². The Bertz CT molecular complexity index is 3600. The Balaban J connectivity index is 0.943. The van der Waals surface area contributed by atoms with E-state index >= 15 is 13.7 Å². The van der Waals surface area contributed by atoms with Crippen molar-refractivity contribution >= 4 is 69.2 Å². The molecule has 9 aromatic carbocycles. The summed E-state index contributed by atoms with van der Waals surface area (Å²) in [6.07, 6.45) is 0. The van der Waals surface area contributed by atoms with E-state index in [1.165, 1.54) is 0 Å². The Hall–Kier alpha value is -7.92. The van der Waals surface area contributed by atoms with Gasteiger partial charge in [0.1, 0.15) is 34.5 Å². The molecule has 12 heteroatoms. The van der Waals surface area contributed by atoms with Gasteiger partial charge in [-0.05, 0) is 114 Å². The molecule has 0 unspecified atom stereocenters. The van der Waals surface area contributed by atoms with Crippen LogP contribution in [0.1, 0.15) is 33.4 Å². The number of hydrogen-bond donors (Lipinski definition) is 0. The van der Waals surface area contributed by atoms with Crippen LogP contribution in [0.2, 0.25) is 0 Å². The molecule has 0 saturated carbocycles. The number of ether oxygens (including phenoxy) is 3. The van der Waals surface area contributed by atoms with Gasteiger partial charge in [-0.25, -0.2) is 15.0 Å². The summed E-state index contributed by atoms with van der Waals surface area (Å²) in [7, 11) is -10.2. The van der Waals surface area contributed by atoms with E-state index in [0.717, 1.165) is 33.4 Å². The minimum Gasteiger partial charge on any atom is -0.456 e. The van der Waals surface area contributed by atoms with Gasteiger partial charge in [0.2, 0.25) is 0 Å². The quantitative estimate of drug-likeness (QED) is 0.150. The number of aryl methyl sites for hydroxylation is 6. The van der Waals surface area contributed by atoms with E-state index in [1.807, 2.05) is 224 Å². The highest BCUT2D eigenvalue weighted by atomic mass is 31.2. The third-order valence-corrected chi connectivity index (χ3v) is 23.7. The predicted octanol–water partition coefficient (Wildman–Crippen LogP) is 12.0. The lowest BCUT2D eigenvalue weighted by Gasteiger charge is -2.29. The van der Waals surface area contributed by atoms with E-state index in [1.54, 1.807) is 0 Å². The zero-order valence-electron chi connectivity index (χ0n) is 42.0. The zero-order valence-corrected chi connectivity index (χ0v) is 44.6. The molecule has 3 aliphatic rings. The summed E-state index contributed by atoms with van der Waals surface area (Å²) in [5.41, 5.74) is 7.94. The van der Waals surface area contributed by atoms with Crippen molar-refractivity contribution in [3.8, 4) is 68.7 Å². The predicted molar refractivity (Wildman–Crippen MR) is 303 cm³/mol. The van der Waals surface area contributed by atoms with Gasteiger partial charge in [-0.15, -0.1) is 0 Å². The Morgan fingerprint density at radius 3 is 0.640 bits per heavy atom. The molecule has 0 saturated heterocycles. The molecule has 75 heavy (non-hydrogen) atoms. The summed E-state index contributed by atoms with van der Waals surface area (Å²) in [6.45, 7) is 12.0. The lowest BCUT2D eigenvalue weighted by atomic mass is 10.1. The van der Waals surface area contributed by atoms with Crippen molar-refractivity contribution in [1.29, 1.82) is 0 Å². The van der Waals surface area contributed by atoms with Crippen molar-refractivity contribution in [1.82, 2.24) is 15.0 Å². The first kappa shape index (κ1) is 46.8. The second-order valence-electron chi connectivity index (χ2n) is 19.9. The number of hydrogen-bond acceptors (Lipinski definition) is 9. The topological polar surface area (TPSA) is 118 Å². The van der Waals surface area contributed by atoms with Crippen LogP contribution in [0.4, 0.5) is 0 Å². The molecule has 0 N–H and O–H groups in total. The number of benzene rings is 9. The molecule has 0 spiro atoms. The third kappa shape index (κ3) is 7.51. The molecule has 3 aliphatic heterocycles. The Labute approximate surface area is 435 Å². The maximum Gasteiger partial charge on any atom is 0.178 e. The van der Waals surface area contributed by atoms with Crippen LogP contribution in [0.3, 0.4) is 0 Å². The summed E-state index contributed by atoms with van der Waals surface area (Å²) in [4.78, 5) is 15.4. The molecule has 0 fully saturated rings. The molecule has 366 valence electrons. The number of fused-ring (bicyclic) bond motifs is 6. The van der Waals surface area contributed by atoms with Gasteiger partial charge in [0, 0.05) is 32.6 Å². The summed E-state index contributed by atoms with van der Waals surface area (Å²) < 4.78 is 66.4. The van der Waals surface area contributed by atoms with Crippen molar-refractivity contribution in [2.75, 3.05) is 0 Å². The molecule has 13 rings (SSSR count). The molecule has 9 nitrogen and oxygen atoms in total. The first-order valence-corrected chi connectivity index (χ1v) is 29.9. The van der Waals surface area contributed by atoms with E-state index < -0.39 is 21.4 Å². The van der Waals surface area contributed by atoms with Gasteiger partial charge in [0.15, 0.2) is 38.9 Å². The van der Waals surface area contributed by atoms with E-state index in [0.29, 0.717) is 116 Å². The maximum absolute atomic E-state index is 15.8. The SMILES string of the molecule is Cc1ccc2c(c1)P(=O)(c1ccc(-c3nc(-c4ccc(P5(=O)c6cc(C)ccc6Oc6ccc(C)cc65)cc4)nc(-c4ccc(P5(=O)c6cc(C)ccc6Oc6ccc(C)cc65)cc4)n3)cc1)c1cc(C)ccc1O2. The maximum atomic E-state index is 15.8. The monoisotopic (exact) mass is 1040 g/mol. The highest BCUT2D eigenvalue weighted by Gasteiger charge is 2.42. The van der Waals surface area contributed by atoms with E-state index in [4.69, 9.17) is 29.2 Å². The molecule has 0 radical (unpaired) electrons. The van der Waals surface area contributed by atoms with Gasteiger partial charge >= 0.3 is 0 Å². The normalized spacial score (nSPS) is 14.8. The van der Waals surface area contributed by atoms with Crippen LogP contribution in [0.25, 0.3) is 34.2 Å². The summed E-state index contributed by atoms with van der Waals surface area (Å²) in [5, 5.41) is 5.91. The molecular weight excluding hydrogens is 988 g/mol. The van der Waals surface area contributed by atoms with Crippen molar-refractivity contribution in [3.63, 3.8) is 0 Å². The molecule has 4 heterocycles. The highest BCUT2D eigenvalue weighted by molar-refractivity contribution is 7.86. The number of nitrogens with zero attached hydrogens (tertiary/aromatic N) is 3. The lowest BCUT2D eigenvalue weighted by molar-refractivity contribution is 0.484. The van der Waals surface area contributed by atoms with E-state index in [9.17, 15) is 0 Å². The van der Waals surface area contributed by atoms with Crippen LogP contribution in [0, 0.1) is 41.5 Å². The Morgan fingerprint density at radius 1 is 0.267 bits per heavy atom. The molecule has 0 aliphatic carbocycles. The lowest BCUT2D eigenvalue weighted by Crippen LogP contribution is -2.31. The first-order chi connectivity index (χ1) is 36.2. The Kier molecular flexibility index (Phi) is 10.8. The molecule has 1 aromatic heterocycles. The molecule has 0 bridgehead atoms. The molecular formula is C63H48N3O6P3. The largest absolute Gasteiger partial charge is 0.456 e. The zero-order chi connectivity index (χ0) is 51.5. The highest BCUT2D eigenvalue weighted by Crippen LogP contribution is 2.55. The minimum atomic E-state index is -3.40. The van der Waals surface area contributed by atoms with Gasteiger partial charge in [0.25, 0.3) is 0 Å². The second-order valence-corrected chi connectivity index (χ2v) is 28.0. The molecule has 10 aromatic rings. The van der Waals surface area contributed by atoms with E-state index in [2.05, 4.69) is 0 Å². The second kappa shape index (κ2) is 17.3. The number of aromatic nitrogens is 3. The van der Waals surface area contributed by atoms with E-state index in [-0.39, 0.29) is 0 Å². The van der Waals surface area contributed by atoms with Crippen LogP contribution in [-0.2, 0) is 13.7 Å². The first-order valence-electron chi connectivity index (χ1n) is 24.8. The van der Waals surface area contributed by atoms with Crippen LogP contribution in [0.5, 0.6) is 34.5 Å². The Morgan fingerprint density at radius 2 is 0.453 bits per heavy atom. The van der Waals surface area contributed by atoms with Crippen LogP contribution >= 0.6 is 21.4 Å². The number of rotatable bonds is 6.